The van der Waals surface area contributed by atoms with Crippen LogP contribution in [-0.2, 0) is 12.7 Å². The molecule has 0 fully saturated rings. The van der Waals surface area contributed by atoms with Crippen molar-refractivity contribution >= 4 is 16.9 Å². The Hall–Kier alpha value is -1.73. The minimum atomic E-state index is -4.53. The summed E-state index contributed by atoms with van der Waals surface area (Å²) in [5.41, 5.74) is 4.60. The summed E-state index contributed by atoms with van der Waals surface area (Å²) in [4.78, 5) is 0. The molecule has 0 aliphatic rings. The summed E-state index contributed by atoms with van der Waals surface area (Å²) in [6.07, 6.45) is -4.53. The van der Waals surface area contributed by atoms with Gasteiger partial charge in [0, 0.05) is 6.54 Å². The standard InChI is InChI=1S/C9H12F3N5/c1-4(2)3-17-8-5(7(13)14-15-8)6(16-17)9(10,11)12/h4H,3H2,1-2H3,(H3,13,14,15). The van der Waals surface area contributed by atoms with Gasteiger partial charge in [-0.2, -0.15) is 23.4 Å². The SMILES string of the molecule is CC(C)Cn1nc(C(F)(F)F)c2c(N)[nH]nc21. The van der Waals surface area contributed by atoms with Gasteiger partial charge in [0.2, 0.25) is 0 Å². The Labute approximate surface area is 94.8 Å². The molecular weight excluding hydrogens is 235 g/mol. The van der Waals surface area contributed by atoms with Gasteiger partial charge in [0.15, 0.2) is 11.3 Å². The molecule has 0 aliphatic carbocycles. The fraction of sp³-hybridized carbons (Fsp3) is 0.556. The molecule has 2 rings (SSSR count). The predicted octanol–water partition coefficient (Wildman–Crippen LogP) is 2.02. The first-order valence-electron chi connectivity index (χ1n) is 5.08. The zero-order valence-corrected chi connectivity index (χ0v) is 9.34. The summed E-state index contributed by atoms with van der Waals surface area (Å²) in [5, 5.41) is 9.50. The first-order chi connectivity index (χ1) is 7.80. The molecule has 0 aliphatic heterocycles. The number of hydrogen-bond donors (Lipinski definition) is 2. The van der Waals surface area contributed by atoms with Crippen LogP contribution in [0.1, 0.15) is 19.5 Å². The molecule has 8 heteroatoms. The van der Waals surface area contributed by atoms with E-state index in [1.165, 1.54) is 4.68 Å². The Morgan fingerprint density at radius 2 is 2.06 bits per heavy atom. The van der Waals surface area contributed by atoms with E-state index in [4.69, 9.17) is 5.73 Å². The minimum Gasteiger partial charge on any atom is -0.383 e. The minimum absolute atomic E-state index is 0.109. The van der Waals surface area contributed by atoms with Crippen LogP contribution in [0.3, 0.4) is 0 Å². The zero-order chi connectivity index (χ0) is 12.8. The van der Waals surface area contributed by atoms with E-state index in [0.717, 1.165) is 0 Å². The second-order valence-electron chi connectivity index (χ2n) is 4.26. The smallest absolute Gasteiger partial charge is 0.383 e. The molecule has 0 bridgehead atoms. The number of hydrogen-bond acceptors (Lipinski definition) is 3. The maximum atomic E-state index is 12.8. The number of fused-ring (bicyclic) bond motifs is 1. The van der Waals surface area contributed by atoms with Gasteiger partial charge in [-0.25, -0.2) is 4.68 Å². The molecule has 0 aromatic carbocycles. The number of halogens is 3. The number of H-pyrrole nitrogens is 1. The number of nitrogen functional groups attached to an aromatic ring is 1. The Balaban J connectivity index is 2.64. The summed E-state index contributed by atoms with van der Waals surface area (Å²) >= 11 is 0. The van der Waals surface area contributed by atoms with Gasteiger partial charge in [0.05, 0.1) is 5.39 Å². The van der Waals surface area contributed by atoms with E-state index >= 15 is 0 Å². The molecule has 0 atom stereocenters. The van der Waals surface area contributed by atoms with Crippen LogP contribution in [0.4, 0.5) is 19.0 Å². The van der Waals surface area contributed by atoms with E-state index in [9.17, 15) is 13.2 Å². The summed E-state index contributed by atoms with van der Waals surface area (Å²) in [5.74, 6) is 0.0550. The van der Waals surface area contributed by atoms with Crippen LogP contribution < -0.4 is 5.73 Å². The highest BCUT2D eigenvalue weighted by molar-refractivity contribution is 5.89. The van der Waals surface area contributed by atoms with E-state index in [1.54, 1.807) is 0 Å². The molecule has 0 amide bonds. The van der Waals surface area contributed by atoms with Crippen LogP contribution in [0, 0.1) is 5.92 Å². The third kappa shape index (κ3) is 1.94. The van der Waals surface area contributed by atoms with E-state index in [-0.39, 0.29) is 22.8 Å². The lowest BCUT2D eigenvalue weighted by molar-refractivity contribution is -0.140. The maximum absolute atomic E-state index is 12.8. The third-order valence-corrected chi connectivity index (χ3v) is 2.28. The van der Waals surface area contributed by atoms with Crippen molar-refractivity contribution in [3.8, 4) is 0 Å². The van der Waals surface area contributed by atoms with Crippen LogP contribution in [-0.4, -0.2) is 20.0 Å². The molecule has 0 spiro atoms. The number of nitrogens with one attached hydrogen (secondary N) is 1. The molecule has 2 heterocycles. The van der Waals surface area contributed by atoms with E-state index < -0.39 is 11.9 Å². The largest absolute Gasteiger partial charge is 0.435 e. The third-order valence-electron chi connectivity index (χ3n) is 2.28. The Morgan fingerprint density at radius 1 is 1.41 bits per heavy atom. The zero-order valence-electron chi connectivity index (χ0n) is 9.34. The van der Waals surface area contributed by atoms with Crippen molar-refractivity contribution < 1.29 is 13.2 Å². The number of rotatable bonds is 2. The van der Waals surface area contributed by atoms with Crippen molar-refractivity contribution in [1.29, 1.82) is 0 Å². The normalized spacial score (nSPS) is 12.8. The predicted molar refractivity (Wildman–Crippen MR) is 56.1 cm³/mol. The molecule has 3 N–H and O–H groups in total. The van der Waals surface area contributed by atoms with Crippen molar-refractivity contribution in [2.45, 2.75) is 26.6 Å². The average molecular weight is 247 g/mol. The van der Waals surface area contributed by atoms with Gasteiger partial charge in [-0.15, -0.1) is 0 Å². The fourth-order valence-corrected chi connectivity index (χ4v) is 1.66. The summed E-state index contributed by atoms with van der Waals surface area (Å²) < 4.78 is 39.5. The summed E-state index contributed by atoms with van der Waals surface area (Å²) in [6, 6.07) is 0. The number of aromatic nitrogens is 4. The second-order valence-corrected chi connectivity index (χ2v) is 4.26. The maximum Gasteiger partial charge on any atom is 0.435 e. The Kier molecular flexibility index (Phi) is 2.52. The number of alkyl halides is 3. The molecule has 2 aromatic heterocycles. The van der Waals surface area contributed by atoms with Crippen molar-refractivity contribution in [2.75, 3.05) is 5.73 Å². The van der Waals surface area contributed by atoms with Crippen molar-refractivity contribution in [3.05, 3.63) is 5.69 Å². The highest BCUT2D eigenvalue weighted by Crippen LogP contribution is 2.35. The van der Waals surface area contributed by atoms with Crippen LogP contribution in [0.25, 0.3) is 11.0 Å². The van der Waals surface area contributed by atoms with Gasteiger partial charge in [-0.1, -0.05) is 13.8 Å². The topological polar surface area (TPSA) is 72.5 Å². The first-order valence-corrected chi connectivity index (χ1v) is 5.08. The molecule has 5 nitrogen and oxygen atoms in total. The molecule has 0 radical (unpaired) electrons. The van der Waals surface area contributed by atoms with E-state index in [0.29, 0.717) is 6.54 Å². The highest BCUT2D eigenvalue weighted by Gasteiger charge is 2.38. The van der Waals surface area contributed by atoms with Crippen LogP contribution >= 0.6 is 0 Å². The quantitative estimate of drug-likeness (QED) is 0.852. The molecule has 2 aromatic rings. The Morgan fingerprint density at radius 3 is 2.59 bits per heavy atom. The number of anilines is 1. The Bertz CT molecular complexity index is 537. The molecule has 0 unspecified atom stereocenters. The van der Waals surface area contributed by atoms with Crippen molar-refractivity contribution in [3.63, 3.8) is 0 Å². The molecule has 0 saturated heterocycles. The molecular formula is C9H12F3N5. The van der Waals surface area contributed by atoms with Gasteiger partial charge < -0.3 is 5.73 Å². The molecule has 0 saturated carbocycles. The van der Waals surface area contributed by atoms with Gasteiger partial charge in [-0.3, -0.25) is 5.10 Å². The average Bonchev–Trinajstić information content (AvgIpc) is 2.67. The molecule has 94 valence electrons. The van der Waals surface area contributed by atoms with Crippen molar-refractivity contribution in [2.24, 2.45) is 5.92 Å². The van der Waals surface area contributed by atoms with Crippen LogP contribution in [0.2, 0.25) is 0 Å². The summed E-state index contributed by atoms with van der Waals surface area (Å²) in [7, 11) is 0. The first kappa shape index (κ1) is 11.7. The van der Waals surface area contributed by atoms with Crippen LogP contribution in [0.15, 0.2) is 0 Å². The second kappa shape index (κ2) is 3.64. The van der Waals surface area contributed by atoms with Gasteiger partial charge >= 0.3 is 6.18 Å². The van der Waals surface area contributed by atoms with E-state index in [1.807, 2.05) is 13.8 Å². The van der Waals surface area contributed by atoms with E-state index in [2.05, 4.69) is 15.3 Å². The number of nitrogens with two attached hydrogens (primary N) is 1. The van der Waals surface area contributed by atoms with Gasteiger partial charge in [0.1, 0.15) is 5.82 Å². The lowest BCUT2D eigenvalue weighted by atomic mass is 10.2. The lowest BCUT2D eigenvalue weighted by Crippen LogP contribution is -2.11. The molecule has 17 heavy (non-hydrogen) atoms. The summed E-state index contributed by atoms with van der Waals surface area (Å²) in [6.45, 7) is 4.13. The van der Waals surface area contributed by atoms with Crippen molar-refractivity contribution in [1.82, 2.24) is 20.0 Å². The highest BCUT2D eigenvalue weighted by atomic mass is 19.4. The fourth-order valence-electron chi connectivity index (χ4n) is 1.66. The van der Waals surface area contributed by atoms with Crippen LogP contribution in [0.5, 0.6) is 0 Å². The number of nitrogens with zero attached hydrogens (tertiary/aromatic N) is 3. The van der Waals surface area contributed by atoms with Gasteiger partial charge in [-0.05, 0) is 5.92 Å². The monoisotopic (exact) mass is 247 g/mol. The number of aromatic amines is 1. The lowest BCUT2D eigenvalue weighted by Gasteiger charge is -2.05. The van der Waals surface area contributed by atoms with Gasteiger partial charge in [0.25, 0.3) is 0 Å².